The Morgan fingerprint density at radius 1 is 1.03 bits per heavy atom. The lowest BCUT2D eigenvalue weighted by molar-refractivity contribution is 0.174. The molecule has 0 spiro atoms. The third-order valence-electron chi connectivity index (χ3n) is 5.83. The van der Waals surface area contributed by atoms with Crippen molar-refractivity contribution >= 4 is 22.3 Å². The normalized spacial score (nSPS) is 14.1. The maximum Gasteiger partial charge on any atom is 0.231 e. The number of aromatic nitrogens is 1. The number of ether oxygens (including phenoxy) is 4. The minimum atomic E-state index is 0.226. The number of pyridine rings is 1. The number of anilines is 1. The monoisotopic (exact) mass is 419 g/mol. The molecule has 160 valence electrons. The first-order valence-electron chi connectivity index (χ1n) is 10.1. The Labute approximate surface area is 181 Å². The van der Waals surface area contributed by atoms with Crippen molar-refractivity contribution in [2.45, 2.75) is 0 Å². The zero-order valence-corrected chi connectivity index (χ0v) is 18.2. The van der Waals surface area contributed by atoms with E-state index in [2.05, 4.69) is 30.5 Å². The molecule has 0 atom stereocenters. The molecule has 31 heavy (non-hydrogen) atoms. The minimum absolute atomic E-state index is 0.226. The van der Waals surface area contributed by atoms with Gasteiger partial charge in [0.2, 0.25) is 6.79 Å². The van der Waals surface area contributed by atoms with Crippen LogP contribution in [0.5, 0.6) is 23.0 Å². The van der Waals surface area contributed by atoms with E-state index in [1.54, 1.807) is 14.2 Å². The van der Waals surface area contributed by atoms with Gasteiger partial charge in [-0.15, -0.1) is 0 Å². The summed E-state index contributed by atoms with van der Waals surface area (Å²) in [7, 11) is 7.43. The summed E-state index contributed by atoms with van der Waals surface area (Å²) in [4.78, 5) is 9.13. The average Bonchev–Trinajstić information content (AvgIpc) is 3.23. The number of hydrogen-bond acceptors (Lipinski definition) is 7. The number of benzene rings is 2. The Morgan fingerprint density at radius 2 is 1.74 bits per heavy atom. The summed E-state index contributed by atoms with van der Waals surface area (Å²) < 4.78 is 22.4. The van der Waals surface area contributed by atoms with Gasteiger partial charge in [-0.05, 0) is 26.2 Å². The number of hydrogen-bond donors (Lipinski definition) is 0. The van der Waals surface area contributed by atoms with Crippen molar-refractivity contribution in [3.63, 3.8) is 0 Å². The van der Waals surface area contributed by atoms with Crippen molar-refractivity contribution < 1.29 is 18.9 Å². The highest BCUT2D eigenvalue weighted by atomic mass is 16.7. The third kappa shape index (κ3) is 3.04. The first-order valence-corrected chi connectivity index (χ1v) is 10.1. The predicted molar refractivity (Wildman–Crippen MR) is 121 cm³/mol. The van der Waals surface area contributed by atoms with Crippen LogP contribution in [-0.2, 0) is 0 Å². The van der Waals surface area contributed by atoms with Gasteiger partial charge in [0.15, 0.2) is 23.0 Å². The fourth-order valence-corrected chi connectivity index (χ4v) is 4.24. The number of methoxy groups -OCH3 is 2. The van der Waals surface area contributed by atoms with Gasteiger partial charge in [-0.1, -0.05) is 6.58 Å². The van der Waals surface area contributed by atoms with Crippen molar-refractivity contribution in [1.29, 1.82) is 0 Å². The van der Waals surface area contributed by atoms with Gasteiger partial charge in [0.05, 0.1) is 25.4 Å². The predicted octanol–water partition coefficient (Wildman–Crippen LogP) is 4.00. The standard InChI is InChI=1S/C24H25N3O4/c1-14-24-16-9-22-23(31-13-30-22)10-18(16)25-12-17(24)15-8-20(28-4)21(29-5)11-19(15)27(14)7-6-26(2)3/h8-12H,1,6-7,13H2,2-5H3. The van der Waals surface area contributed by atoms with Gasteiger partial charge < -0.3 is 28.7 Å². The molecule has 3 aromatic rings. The van der Waals surface area contributed by atoms with Gasteiger partial charge in [0.25, 0.3) is 0 Å². The Kier molecular flexibility index (Phi) is 4.63. The van der Waals surface area contributed by atoms with Gasteiger partial charge in [-0.2, -0.15) is 0 Å². The smallest absolute Gasteiger partial charge is 0.231 e. The number of rotatable bonds is 5. The van der Waals surface area contributed by atoms with E-state index in [4.69, 9.17) is 23.9 Å². The second kappa shape index (κ2) is 7.35. The summed E-state index contributed by atoms with van der Waals surface area (Å²) in [5.74, 6) is 2.81. The molecule has 0 amide bonds. The molecule has 0 fully saturated rings. The van der Waals surface area contributed by atoms with Gasteiger partial charge in [0, 0.05) is 59.2 Å². The molecule has 0 radical (unpaired) electrons. The van der Waals surface area contributed by atoms with Gasteiger partial charge in [-0.25, -0.2) is 0 Å². The highest BCUT2D eigenvalue weighted by Gasteiger charge is 2.30. The molecule has 2 aliphatic heterocycles. The highest BCUT2D eigenvalue weighted by Crippen LogP contribution is 2.50. The minimum Gasteiger partial charge on any atom is -0.493 e. The maximum absolute atomic E-state index is 5.64. The first kappa shape index (κ1) is 19.5. The van der Waals surface area contributed by atoms with Crippen molar-refractivity contribution in [3.05, 3.63) is 42.6 Å². The molecule has 3 heterocycles. The molecule has 0 saturated carbocycles. The van der Waals surface area contributed by atoms with E-state index in [1.807, 2.05) is 30.5 Å². The number of nitrogens with zero attached hydrogens (tertiary/aromatic N) is 3. The lowest BCUT2D eigenvalue weighted by Gasteiger charge is -2.36. The fourth-order valence-electron chi connectivity index (χ4n) is 4.24. The van der Waals surface area contributed by atoms with Crippen LogP contribution in [-0.4, -0.2) is 58.1 Å². The summed E-state index contributed by atoms with van der Waals surface area (Å²) in [6.07, 6.45) is 1.90. The van der Waals surface area contributed by atoms with Crippen LogP contribution in [0.25, 0.3) is 27.7 Å². The molecule has 0 aliphatic carbocycles. The molecular formula is C24H25N3O4. The number of fused-ring (bicyclic) bond motifs is 6. The summed E-state index contributed by atoms with van der Waals surface area (Å²) >= 11 is 0. The lowest BCUT2D eigenvalue weighted by atomic mass is 9.89. The van der Waals surface area contributed by atoms with E-state index < -0.39 is 0 Å². The lowest BCUT2D eigenvalue weighted by Crippen LogP contribution is -2.32. The first-order chi connectivity index (χ1) is 15.0. The summed E-state index contributed by atoms with van der Waals surface area (Å²) in [6, 6.07) is 7.97. The average molecular weight is 419 g/mol. The molecule has 2 aliphatic rings. The molecule has 0 saturated heterocycles. The van der Waals surface area contributed by atoms with Crippen LogP contribution in [0.2, 0.25) is 0 Å². The molecule has 0 N–H and O–H groups in total. The van der Waals surface area contributed by atoms with Crippen LogP contribution in [0.3, 0.4) is 0 Å². The summed E-state index contributed by atoms with van der Waals surface area (Å²) in [5, 5.41) is 0.988. The van der Waals surface area contributed by atoms with E-state index in [0.717, 1.165) is 63.6 Å². The van der Waals surface area contributed by atoms with Gasteiger partial charge in [0.1, 0.15) is 0 Å². The van der Waals surface area contributed by atoms with Crippen LogP contribution >= 0.6 is 0 Å². The molecule has 7 heteroatoms. The van der Waals surface area contributed by atoms with Crippen LogP contribution in [0, 0.1) is 0 Å². The molecule has 1 aromatic heterocycles. The van der Waals surface area contributed by atoms with E-state index in [9.17, 15) is 0 Å². The van der Waals surface area contributed by atoms with Crippen LogP contribution in [0.1, 0.15) is 5.56 Å². The Hall–Kier alpha value is -3.45. The number of likely N-dealkylation sites (N-methyl/N-ethyl adjacent to an activating group) is 1. The molecule has 7 nitrogen and oxygen atoms in total. The second-order valence-electron chi connectivity index (χ2n) is 7.90. The Morgan fingerprint density at radius 3 is 2.45 bits per heavy atom. The topological polar surface area (TPSA) is 56.3 Å². The zero-order chi connectivity index (χ0) is 21.7. The Balaban J connectivity index is 1.77. The quantitative estimate of drug-likeness (QED) is 0.620. The van der Waals surface area contributed by atoms with Crippen molar-refractivity contribution in [3.8, 4) is 34.1 Å². The van der Waals surface area contributed by atoms with E-state index >= 15 is 0 Å². The highest BCUT2D eigenvalue weighted by molar-refractivity contribution is 6.08. The zero-order valence-electron chi connectivity index (χ0n) is 18.2. The summed E-state index contributed by atoms with van der Waals surface area (Å²) in [6.45, 7) is 6.37. The largest absolute Gasteiger partial charge is 0.493 e. The van der Waals surface area contributed by atoms with E-state index in [-0.39, 0.29) is 6.79 Å². The van der Waals surface area contributed by atoms with Crippen molar-refractivity contribution in [2.75, 3.05) is 53.1 Å². The molecule has 5 rings (SSSR count). The second-order valence-corrected chi connectivity index (χ2v) is 7.90. The Bertz CT molecular complexity index is 1210. The SMILES string of the molecule is C=C1c2c(cnc3cc4c(cc23)OCO4)-c2cc(OC)c(OC)cc2N1CCN(C)C. The summed E-state index contributed by atoms with van der Waals surface area (Å²) in [5.41, 5.74) is 5.88. The van der Waals surface area contributed by atoms with Crippen LogP contribution in [0.15, 0.2) is 37.0 Å². The van der Waals surface area contributed by atoms with Crippen LogP contribution < -0.4 is 23.8 Å². The van der Waals surface area contributed by atoms with Gasteiger partial charge in [-0.3, -0.25) is 4.98 Å². The maximum atomic E-state index is 5.64. The third-order valence-corrected chi connectivity index (χ3v) is 5.83. The molecular weight excluding hydrogens is 394 g/mol. The molecule has 0 unspecified atom stereocenters. The van der Waals surface area contributed by atoms with Crippen molar-refractivity contribution in [1.82, 2.24) is 9.88 Å². The molecule has 0 bridgehead atoms. The van der Waals surface area contributed by atoms with E-state index in [0.29, 0.717) is 11.5 Å². The van der Waals surface area contributed by atoms with Crippen LogP contribution in [0.4, 0.5) is 5.69 Å². The van der Waals surface area contributed by atoms with Gasteiger partial charge >= 0.3 is 0 Å². The van der Waals surface area contributed by atoms with Crippen molar-refractivity contribution in [2.24, 2.45) is 0 Å². The fraction of sp³-hybridized carbons (Fsp3) is 0.292. The van der Waals surface area contributed by atoms with E-state index in [1.165, 1.54) is 0 Å². The molecule has 2 aromatic carbocycles.